The summed E-state index contributed by atoms with van der Waals surface area (Å²) in [6.45, 7) is 2.19. The van der Waals surface area contributed by atoms with Gasteiger partial charge in [-0.2, -0.15) is 5.10 Å². The Kier molecular flexibility index (Phi) is 5.62. The second-order valence-corrected chi connectivity index (χ2v) is 9.08. The van der Waals surface area contributed by atoms with E-state index in [1.54, 1.807) is 12.1 Å². The predicted molar refractivity (Wildman–Crippen MR) is 132 cm³/mol. The third kappa shape index (κ3) is 4.23. The van der Waals surface area contributed by atoms with Gasteiger partial charge in [0, 0.05) is 19.5 Å². The van der Waals surface area contributed by atoms with E-state index in [2.05, 4.69) is 29.2 Å². The summed E-state index contributed by atoms with van der Waals surface area (Å²) >= 11 is 0. The number of nitrogens with zero attached hydrogens (tertiary/aromatic N) is 3. The third-order valence-corrected chi connectivity index (χ3v) is 6.94. The number of amides is 1. The van der Waals surface area contributed by atoms with Crippen molar-refractivity contribution in [3.05, 3.63) is 89.0 Å². The molecular weight excluding hydrogens is 442 g/mol. The number of hydrogen-bond acceptors (Lipinski definition) is 6. The largest absolute Gasteiger partial charge is 0.497 e. The Hall–Kier alpha value is -3.84. The van der Waals surface area contributed by atoms with Crippen LogP contribution in [0, 0.1) is 0 Å². The first-order valence-corrected chi connectivity index (χ1v) is 11.9. The molecular formula is C28H27N3O4. The van der Waals surface area contributed by atoms with Crippen molar-refractivity contribution in [1.82, 2.24) is 9.91 Å². The van der Waals surface area contributed by atoms with E-state index in [0.29, 0.717) is 18.7 Å². The van der Waals surface area contributed by atoms with Crippen LogP contribution in [0.25, 0.3) is 0 Å². The molecule has 0 spiro atoms. The molecule has 0 N–H and O–H groups in total. The molecule has 3 heterocycles. The van der Waals surface area contributed by atoms with Gasteiger partial charge in [-0.25, -0.2) is 5.01 Å². The summed E-state index contributed by atoms with van der Waals surface area (Å²) in [5, 5.41) is 6.50. The van der Waals surface area contributed by atoms with Gasteiger partial charge in [-0.15, -0.1) is 0 Å². The van der Waals surface area contributed by atoms with Crippen molar-refractivity contribution < 1.29 is 19.0 Å². The molecule has 35 heavy (non-hydrogen) atoms. The average Bonchev–Trinajstić information content (AvgIpc) is 3.56. The molecule has 0 saturated heterocycles. The molecule has 0 radical (unpaired) electrons. The van der Waals surface area contributed by atoms with Crippen LogP contribution in [0.5, 0.6) is 17.2 Å². The maximum atomic E-state index is 13.6. The quantitative estimate of drug-likeness (QED) is 0.562. The molecule has 178 valence electrons. The Morgan fingerprint density at radius 2 is 1.83 bits per heavy atom. The van der Waals surface area contributed by atoms with Gasteiger partial charge in [0.2, 0.25) is 6.79 Å². The Balaban J connectivity index is 1.27. The van der Waals surface area contributed by atoms with E-state index >= 15 is 0 Å². The monoisotopic (exact) mass is 469 g/mol. The molecule has 0 aromatic heterocycles. The fourth-order valence-electron chi connectivity index (χ4n) is 5.03. The molecule has 3 aromatic rings. The number of fused-ring (bicyclic) bond motifs is 2. The minimum Gasteiger partial charge on any atom is -0.497 e. The van der Waals surface area contributed by atoms with Gasteiger partial charge in [0.25, 0.3) is 5.91 Å². The second kappa shape index (κ2) is 9.07. The van der Waals surface area contributed by atoms with Crippen molar-refractivity contribution in [2.75, 3.05) is 27.0 Å². The van der Waals surface area contributed by atoms with Gasteiger partial charge < -0.3 is 14.2 Å². The molecule has 7 heteroatoms. The number of hydrogen-bond donors (Lipinski definition) is 0. The highest BCUT2D eigenvalue weighted by atomic mass is 16.7. The van der Waals surface area contributed by atoms with Crippen LogP contribution in [-0.2, 0) is 17.8 Å². The lowest BCUT2D eigenvalue weighted by molar-refractivity contribution is -0.134. The molecule has 0 saturated carbocycles. The van der Waals surface area contributed by atoms with Crippen molar-refractivity contribution in [1.29, 1.82) is 0 Å². The van der Waals surface area contributed by atoms with E-state index in [1.165, 1.54) is 11.1 Å². The fraction of sp³-hybridized carbons (Fsp3) is 0.286. The molecule has 1 unspecified atom stereocenters. The summed E-state index contributed by atoms with van der Waals surface area (Å²) in [7, 11) is 1.65. The Bertz CT molecular complexity index is 1290. The molecule has 3 aromatic carbocycles. The van der Waals surface area contributed by atoms with Crippen LogP contribution in [-0.4, -0.2) is 48.5 Å². The van der Waals surface area contributed by atoms with Gasteiger partial charge in [-0.05, 0) is 65.1 Å². The van der Waals surface area contributed by atoms with Crippen molar-refractivity contribution in [2.24, 2.45) is 5.10 Å². The van der Waals surface area contributed by atoms with Crippen molar-refractivity contribution >= 4 is 11.6 Å². The molecule has 1 atom stereocenters. The Morgan fingerprint density at radius 3 is 2.66 bits per heavy atom. The summed E-state index contributed by atoms with van der Waals surface area (Å²) < 4.78 is 16.4. The standard InChI is InChI=1S/C28H27N3O4/c1-33-23-9-6-20(7-10-23)24-15-25(21-8-11-26-27(14-21)35-18-34-26)31(29-24)28(32)17-30-13-12-19-4-2-3-5-22(19)16-30/h2-11,14,25H,12-13,15-18H2,1H3. The highest BCUT2D eigenvalue weighted by molar-refractivity contribution is 6.03. The SMILES string of the molecule is COc1ccc(C2=NN(C(=O)CN3CCc4ccccc4C3)C(c3ccc4c(c3)OCO4)C2)cc1. The van der Waals surface area contributed by atoms with Crippen molar-refractivity contribution in [2.45, 2.75) is 25.4 Å². The molecule has 0 bridgehead atoms. The first-order chi connectivity index (χ1) is 17.2. The predicted octanol–water partition coefficient (Wildman–Crippen LogP) is 4.16. The van der Waals surface area contributed by atoms with E-state index in [0.717, 1.165) is 47.8 Å². The number of carbonyl (C=O) groups is 1. The number of hydrazone groups is 1. The highest BCUT2D eigenvalue weighted by Gasteiger charge is 2.35. The van der Waals surface area contributed by atoms with Gasteiger partial charge in [-0.1, -0.05) is 30.3 Å². The molecule has 1 amide bonds. The summed E-state index contributed by atoms with van der Waals surface area (Å²) in [5.74, 6) is 2.22. The van der Waals surface area contributed by atoms with Crippen LogP contribution in [0.4, 0.5) is 0 Å². The maximum Gasteiger partial charge on any atom is 0.257 e. The molecule has 3 aliphatic rings. The van der Waals surface area contributed by atoms with Gasteiger partial charge in [-0.3, -0.25) is 9.69 Å². The zero-order valence-electron chi connectivity index (χ0n) is 19.6. The van der Waals surface area contributed by atoms with Crippen molar-refractivity contribution in [3.8, 4) is 17.2 Å². The Labute approximate surface area is 204 Å². The lowest BCUT2D eigenvalue weighted by Crippen LogP contribution is -2.40. The van der Waals surface area contributed by atoms with Gasteiger partial charge >= 0.3 is 0 Å². The summed E-state index contributed by atoms with van der Waals surface area (Å²) in [5.41, 5.74) is 5.52. The number of methoxy groups -OCH3 is 1. The van der Waals surface area contributed by atoms with Crippen LogP contribution in [0.2, 0.25) is 0 Å². The average molecular weight is 470 g/mol. The smallest absolute Gasteiger partial charge is 0.257 e. The minimum absolute atomic E-state index is 0.00411. The zero-order valence-corrected chi connectivity index (χ0v) is 19.6. The van der Waals surface area contributed by atoms with E-state index in [-0.39, 0.29) is 18.7 Å². The number of ether oxygens (including phenoxy) is 3. The van der Waals surface area contributed by atoms with Crippen LogP contribution < -0.4 is 14.2 Å². The van der Waals surface area contributed by atoms with Gasteiger partial charge in [0.05, 0.1) is 25.4 Å². The lowest BCUT2D eigenvalue weighted by Gasteiger charge is -2.30. The maximum absolute atomic E-state index is 13.6. The number of rotatable bonds is 5. The van der Waals surface area contributed by atoms with E-state index < -0.39 is 0 Å². The number of benzene rings is 3. The summed E-state index contributed by atoms with van der Waals surface area (Å²) in [6, 6.07) is 22.0. The zero-order chi connectivity index (χ0) is 23.8. The van der Waals surface area contributed by atoms with E-state index in [4.69, 9.17) is 19.3 Å². The van der Waals surface area contributed by atoms with E-state index in [9.17, 15) is 4.79 Å². The molecule has 0 fully saturated rings. The lowest BCUT2D eigenvalue weighted by atomic mass is 9.97. The van der Waals surface area contributed by atoms with E-state index in [1.807, 2.05) is 42.5 Å². The molecule has 0 aliphatic carbocycles. The summed E-state index contributed by atoms with van der Waals surface area (Å²) in [4.78, 5) is 15.8. The van der Waals surface area contributed by atoms with Crippen molar-refractivity contribution in [3.63, 3.8) is 0 Å². The Morgan fingerprint density at radius 1 is 1.03 bits per heavy atom. The third-order valence-electron chi connectivity index (χ3n) is 6.94. The first kappa shape index (κ1) is 21.7. The number of carbonyl (C=O) groups excluding carboxylic acids is 1. The van der Waals surface area contributed by atoms with Crippen LogP contribution >= 0.6 is 0 Å². The van der Waals surface area contributed by atoms with Gasteiger partial charge in [0.1, 0.15) is 5.75 Å². The topological polar surface area (TPSA) is 63.6 Å². The normalized spacial score (nSPS) is 18.8. The molecule has 7 nitrogen and oxygen atoms in total. The fourth-order valence-corrected chi connectivity index (χ4v) is 5.03. The van der Waals surface area contributed by atoms with Crippen LogP contribution in [0.15, 0.2) is 71.8 Å². The molecule has 3 aliphatic heterocycles. The van der Waals surface area contributed by atoms with Crippen LogP contribution in [0.1, 0.15) is 34.7 Å². The van der Waals surface area contributed by atoms with Gasteiger partial charge in [0.15, 0.2) is 11.5 Å². The minimum atomic E-state index is -0.203. The van der Waals surface area contributed by atoms with Crippen LogP contribution in [0.3, 0.4) is 0 Å². The second-order valence-electron chi connectivity index (χ2n) is 9.08. The summed E-state index contributed by atoms with van der Waals surface area (Å²) in [6.07, 6.45) is 1.58. The molecule has 6 rings (SSSR count). The highest BCUT2D eigenvalue weighted by Crippen LogP contribution is 2.39. The first-order valence-electron chi connectivity index (χ1n) is 11.9.